The van der Waals surface area contributed by atoms with Crippen LogP contribution in [0.2, 0.25) is 0 Å². The van der Waals surface area contributed by atoms with Crippen molar-refractivity contribution in [2.45, 2.75) is 0 Å². The largest absolute Gasteiger partial charge is 0.256 e. The first-order valence-electron chi connectivity index (χ1n) is 11.1. The van der Waals surface area contributed by atoms with E-state index in [0.29, 0.717) is 0 Å². The molecule has 6 rings (SSSR count). The van der Waals surface area contributed by atoms with Gasteiger partial charge < -0.3 is 0 Å². The fourth-order valence-corrected chi connectivity index (χ4v) is 5.82. The molecule has 0 bridgehead atoms. The van der Waals surface area contributed by atoms with Crippen molar-refractivity contribution in [3.05, 3.63) is 128 Å². The molecule has 33 heavy (non-hydrogen) atoms. The summed E-state index contributed by atoms with van der Waals surface area (Å²) in [5.41, 5.74) is 7.15. The predicted octanol–water partition coefficient (Wildman–Crippen LogP) is 8.96. The summed E-state index contributed by atoms with van der Waals surface area (Å²) >= 11 is 1.87. The summed E-state index contributed by atoms with van der Waals surface area (Å²) < 4.78 is 0. The maximum Gasteiger partial charge on any atom is 0.0708 e. The molecule has 0 atom stereocenters. The van der Waals surface area contributed by atoms with Crippen molar-refractivity contribution in [3.63, 3.8) is 0 Å². The molecule has 2 aromatic heterocycles. The Morgan fingerprint density at radius 2 is 0.939 bits per heavy atom. The minimum Gasteiger partial charge on any atom is -0.256 e. The van der Waals surface area contributed by atoms with E-state index in [1.807, 2.05) is 29.7 Å². The molecule has 6 aromatic rings. The summed E-state index contributed by atoms with van der Waals surface area (Å²) in [7, 11) is 0. The molecule has 0 aliphatic heterocycles. The summed E-state index contributed by atoms with van der Waals surface area (Å²) in [5.74, 6) is 0. The van der Waals surface area contributed by atoms with Gasteiger partial charge in [0.2, 0.25) is 0 Å². The maximum absolute atomic E-state index is 4.64. The van der Waals surface area contributed by atoms with Crippen molar-refractivity contribution in [1.82, 2.24) is 4.98 Å². The lowest BCUT2D eigenvalue weighted by Gasteiger charge is -2.09. The molecule has 0 amide bonds. The zero-order chi connectivity index (χ0) is 22.0. The Balaban J connectivity index is 1.61. The van der Waals surface area contributed by atoms with Gasteiger partial charge >= 0.3 is 0 Å². The van der Waals surface area contributed by atoms with Crippen molar-refractivity contribution < 1.29 is 0 Å². The van der Waals surface area contributed by atoms with Crippen LogP contribution in [0.25, 0.3) is 54.0 Å². The summed E-state index contributed by atoms with van der Waals surface area (Å²) in [4.78, 5) is 7.22. The highest BCUT2D eigenvalue weighted by Gasteiger charge is 2.19. The lowest BCUT2D eigenvalue weighted by Crippen LogP contribution is -1.85. The molecule has 4 aromatic carbocycles. The van der Waals surface area contributed by atoms with Gasteiger partial charge in [0.1, 0.15) is 0 Å². The average Bonchev–Trinajstić information content (AvgIpc) is 3.29. The molecule has 0 radical (unpaired) electrons. The van der Waals surface area contributed by atoms with Crippen LogP contribution in [0.5, 0.6) is 0 Å². The number of aromatic nitrogens is 1. The second kappa shape index (κ2) is 8.50. The van der Waals surface area contributed by atoms with Crippen LogP contribution >= 0.6 is 11.3 Å². The minimum absolute atomic E-state index is 0.997. The second-order valence-electron chi connectivity index (χ2n) is 7.98. The Morgan fingerprint density at radius 1 is 0.424 bits per heavy atom. The molecule has 0 aliphatic rings. The lowest BCUT2D eigenvalue weighted by molar-refractivity contribution is 1.33. The van der Waals surface area contributed by atoms with E-state index in [4.69, 9.17) is 0 Å². The molecular weight excluding hydrogens is 418 g/mol. The van der Waals surface area contributed by atoms with Crippen LogP contribution in [0.1, 0.15) is 0 Å². The van der Waals surface area contributed by atoms with Crippen LogP contribution in [0, 0.1) is 0 Å². The topological polar surface area (TPSA) is 12.9 Å². The van der Waals surface area contributed by atoms with E-state index < -0.39 is 0 Å². The second-order valence-corrected chi connectivity index (χ2v) is 9.00. The number of pyridine rings is 1. The van der Waals surface area contributed by atoms with Crippen molar-refractivity contribution in [2.75, 3.05) is 0 Å². The molecule has 2 heterocycles. The van der Waals surface area contributed by atoms with E-state index in [0.717, 1.165) is 11.3 Å². The van der Waals surface area contributed by atoms with Gasteiger partial charge in [-0.1, -0.05) is 109 Å². The number of nitrogens with zero attached hydrogens (tertiary/aromatic N) is 1. The van der Waals surface area contributed by atoms with Gasteiger partial charge in [0, 0.05) is 43.4 Å². The fraction of sp³-hybridized carbons (Fsp3) is 0. The molecule has 0 spiro atoms. The first-order valence-corrected chi connectivity index (χ1v) is 11.9. The van der Waals surface area contributed by atoms with Gasteiger partial charge in [-0.05, 0) is 23.3 Å². The third-order valence-corrected chi connectivity index (χ3v) is 7.28. The van der Waals surface area contributed by atoms with E-state index in [1.54, 1.807) is 0 Å². The van der Waals surface area contributed by atoms with Gasteiger partial charge in [0.15, 0.2) is 0 Å². The molecule has 0 fully saturated rings. The number of hydrogen-bond acceptors (Lipinski definition) is 2. The highest BCUT2D eigenvalue weighted by Crippen LogP contribution is 2.48. The Morgan fingerprint density at radius 3 is 1.58 bits per heavy atom. The Labute approximate surface area is 197 Å². The van der Waals surface area contributed by atoms with Gasteiger partial charge in [-0.25, -0.2) is 0 Å². The van der Waals surface area contributed by atoms with Crippen LogP contribution < -0.4 is 0 Å². The van der Waals surface area contributed by atoms with Gasteiger partial charge in [0.25, 0.3) is 0 Å². The van der Waals surface area contributed by atoms with Gasteiger partial charge in [0.05, 0.1) is 5.69 Å². The first-order chi connectivity index (χ1) is 16.4. The van der Waals surface area contributed by atoms with Crippen molar-refractivity contribution in [1.29, 1.82) is 0 Å². The first kappa shape index (κ1) is 19.7. The summed E-state index contributed by atoms with van der Waals surface area (Å²) in [6, 6.07) is 42.8. The van der Waals surface area contributed by atoms with E-state index >= 15 is 0 Å². The van der Waals surface area contributed by atoms with Crippen LogP contribution in [-0.2, 0) is 0 Å². The van der Waals surface area contributed by atoms with Crippen LogP contribution in [0.4, 0.5) is 0 Å². The zero-order valence-electron chi connectivity index (χ0n) is 18.0. The summed E-state index contributed by atoms with van der Waals surface area (Å²) in [6.07, 6.45) is 1.86. The van der Waals surface area contributed by atoms with E-state index in [9.17, 15) is 0 Å². The molecule has 0 aliphatic carbocycles. The normalized spacial score (nSPS) is 11.0. The highest BCUT2D eigenvalue weighted by molar-refractivity contribution is 7.21. The summed E-state index contributed by atoms with van der Waals surface area (Å²) in [5, 5.41) is 2.57. The van der Waals surface area contributed by atoms with Gasteiger partial charge in [-0.15, -0.1) is 11.3 Å². The molecule has 0 saturated carbocycles. The van der Waals surface area contributed by atoms with Crippen LogP contribution in [0.15, 0.2) is 128 Å². The third kappa shape index (κ3) is 3.55. The van der Waals surface area contributed by atoms with E-state index in [2.05, 4.69) is 114 Å². The Hall–Kier alpha value is -4.01. The van der Waals surface area contributed by atoms with Crippen molar-refractivity contribution in [3.8, 4) is 43.3 Å². The Bertz CT molecular complexity index is 1430. The number of benzene rings is 4. The predicted molar refractivity (Wildman–Crippen MR) is 141 cm³/mol. The lowest BCUT2D eigenvalue weighted by atomic mass is 9.96. The monoisotopic (exact) mass is 439 g/mol. The van der Waals surface area contributed by atoms with Crippen LogP contribution in [0.3, 0.4) is 0 Å². The van der Waals surface area contributed by atoms with Crippen molar-refractivity contribution >= 4 is 22.1 Å². The van der Waals surface area contributed by atoms with E-state index in [1.165, 1.54) is 42.8 Å². The standard InChI is InChI=1S/C31H21NS/c1-2-12-22(13-3-1)23-14-4-6-16-25(23)30-27-18-8-9-19-28(27)31(33-30)26-17-7-5-15-24(26)29-20-10-11-21-32-29/h1-21H. The highest BCUT2D eigenvalue weighted by atomic mass is 32.1. The third-order valence-electron chi connectivity index (χ3n) is 5.99. The fourth-order valence-electron chi connectivity index (χ4n) is 4.47. The van der Waals surface area contributed by atoms with Gasteiger partial charge in [-0.3, -0.25) is 4.98 Å². The molecule has 156 valence electrons. The zero-order valence-corrected chi connectivity index (χ0v) is 18.8. The maximum atomic E-state index is 4.64. The van der Waals surface area contributed by atoms with E-state index in [-0.39, 0.29) is 0 Å². The minimum atomic E-state index is 0.997. The molecule has 0 N–H and O–H groups in total. The summed E-state index contributed by atoms with van der Waals surface area (Å²) in [6.45, 7) is 0. The van der Waals surface area contributed by atoms with Crippen molar-refractivity contribution in [2.24, 2.45) is 0 Å². The average molecular weight is 440 g/mol. The quantitative estimate of drug-likeness (QED) is 0.267. The molecular formula is C31H21NS. The molecule has 2 heteroatoms. The number of hydrogen-bond donors (Lipinski definition) is 0. The SMILES string of the molecule is c1ccc(-c2ccccc2-c2sc(-c3ccccc3-c3ccccn3)c3ccccc23)cc1. The van der Waals surface area contributed by atoms with Gasteiger partial charge in [-0.2, -0.15) is 0 Å². The molecule has 1 nitrogen and oxygen atoms in total. The number of thiophene rings is 1. The Kier molecular flexibility index (Phi) is 5.06. The molecule has 0 saturated heterocycles. The van der Waals surface area contributed by atoms with Crippen LogP contribution in [-0.4, -0.2) is 4.98 Å². The molecule has 0 unspecified atom stereocenters. The smallest absolute Gasteiger partial charge is 0.0708 e. The number of fused-ring (bicyclic) bond motifs is 1. The number of rotatable bonds is 4.